The van der Waals surface area contributed by atoms with Crippen LogP contribution in [-0.2, 0) is 0 Å². The van der Waals surface area contributed by atoms with Crippen molar-refractivity contribution in [3.63, 3.8) is 0 Å². The molecular formula is C66H38B2N2O3S. The third-order valence-electron chi connectivity index (χ3n) is 15.9. The Labute approximate surface area is 431 Å². The molecule has 0 saturated heterocycles. The van der Waals surface area contributed by atoms with Gasteiger partial charge in [0, 0.05) is 78.0 Å². The molecule has 4 aliphatic rings. The first-order chi connectivity index (χ1) is 36.7. The molecule has 342 valence electrons. The Morgan fingerprint density at radius 3 is 1.69 bits per heavy atom. The topological polar surface area (TPSA) is 42.0 Å². The molecule has 2 aromatic heterocycles. The first-order valence-corrected chi connectivity index (χ1v) is 26.1. The molecule has 4 aliphatic heterocycles. The molecule has 74 heavy (non-hydrogen) atoms. The van der Waals surface area contributed by atoms with E-state index in [-0.39, 0.29) is 13.4 Å². The minimum Gasteiger partial charge on any atom is -0.458 e. The lowest BCUT2D eigenvalue weighted by Gasteiger charge is -2.45. The molecule has 0 fully saturated rings. The fraction of sp³-hybridized carbons (Fsp3) is 0. The highest BCUT2D eigenvalue weighted by molar-refractivity contribution is 8.00. The maximum Gasteiger partial charge on any atom is 0.253 e. The van der Waals surface area contributed by atoms with Crippen LogP contribution in [0, 0.1) is 0 Å². The summed E-state index contributed by atoms with van der Waals surface area (Å²) >= 11 is 1.83. The van der Waals surface area contributed by atoms with E-state index >= 15 is 0 Å². The van der Waals surface area contributed by atoms with Crippen LogP contribution in [0.3, 0.4) is 0 Å². The van der Waals surface area contributed by atoms with Gasteiger partial charge in [-0.25, -0.2) is 0 Å². The lowest BCUT2D eigenvalue weighted by molar-refractivity contribution is 0.486. The Balaban J connectivity index is 1.04. The minimum atomic E-state index is -0.177. The van der Waals surface area contributed by atoms with Crippen LogP contribution in [0.4, 0.5) is 34.1 Å². The van der Waals surface area contributed by atoms with E-state index < -0.39 is 0 Å². The molecule has 11 aromatic carbocycles. The van der Waals surface area contributed by atoms with Crippen molar-refractivity contribution in [2.45, 2.75) is 9.79 Å². The lowest BCUT2D eigenvalue weighted by Crippen LogP contribution is -2.64. The Morgan fingerprint density at radius 1 is 0.365 bits per heavy atom. The Kier molecular flexibility index (Phi) is 8.33. The van der Waals surface area contributed by atoms with Crippen LogP contribution in [0.1, 0.15) is 0 Å². The molecule has 0 atom stereocenters. The van der Waals surface area contributed by atoms with Crippen LogP contribution in [0.25, 0.3) is 66.1 Å². The molecule has 5 nitrogen and oxygen atoms in total. The summed E-state index contributed by atoms with van der Waals surface area (Å²) in [4.78, 5) is 7.49. The third kappa shape index (κ3) is 5.52. The number of para-hydroxylation sites is 5. The first-order valence-electron chi connectivity index (χ1n) is 25.3. The summed E-state index contributed by atoms with van der Waals surface area (Å²) in [7, 11) is 0. The van der Waals surface area contributed by atoms with Crippen LogP contribution in [0.15, 0.2) is 249 Å². The zero-order valence-corrected chi connectivity index (χ0v) is 40.4. The number of nitrogens with zero attached hydrogens (tertiary/aromatic N) is 2. The largest absolute Gasteiger partial charge is 0.458 e. The summed E-state index contributed by atoms with van der Waals surface area (Å²) in [5.41, 5.74) is 21.7. The Morgan fingerprint density at radius 2 is 0.959 bits per heavy atom. The van der Waals surface area contributed by atoms with Gasteiger partial charge < -0.3 is 23.4 Å². The summed E-state index contributed by atoms with van der Waals surface area (Å²) < 4.78 is 21.2. The van der Waals surface area contributed by atoms with Crippen LogP contribution >= 0.6 is 11.8 Å². The highest BCUT2D eigenvalue weighted by Crippen LogP contribution is 2.54. The van der Waals surface area contributed by atoms with Crippen LogP contribution in [0.5, 0.6) is 11.5 Å². The van der Waals surface area contributed by atoms with E-state index in [1.54, 1.807) is 0 Å². The molecule has 0 bridgehead atoms. The molecule has 8 heteroatoms. The summed E-state index contributed by atoms with van der Waals surface area (Å²) in [5, 5.41) is 4.44. The number of anilines is 6. The van der Waals surface area contributed by atoms with Crippen LogP contribution < -0.4 is 47.3 Å². The molecule has 0 saturated carbocycles. The fourth-order valence-corrected chi connectivity index (χ4v) is 14.3. The molecule has 0 spiro atoms. The van der Waals surface area contributed by atoms with Crippen LogP contribution in [-0.4, -0.2) is 13.4 Å². The van der Waals surface area contributed by atoms with Gasteiger partial charge in [-0.15, -0.1) is 0 Å². The van der Waals surface area contributed by atoms with Gasteiger partial charge in [-0.3, -0.25) is 0 Å². The second-order valence-corrected chi connectivity index (χ2v) is 20.8. The fourth-order valence-electron chi connectivity index (χ4n) is 13.0. The van der Waals surface area contributed by atoms with Gasteiger partial charge in [0.15, 0.2) is 0 Å². The molecule has 0 N–H and O–H groups in total. The van der Waals surface area contributed by atoms with Gasteiger partial charge in [0.1, 0.15) is 33.8 Å². The summed E-state index contributed by atoms with van der Waals surface area (Å²) in [6.45, 7) is -0.278. The minimum absolute atomic E-state index is 0.102. The number of hydrogen-bond donors (Lipinski definition) is 0. The quantitative estimate of drug-likeness (QED) is 0.164. The van der Waals surface area contributed by atoms with Crippen molar-refractivity contribution < 1.29 is 13.6 Å². The number of fused-ring (bicyclic) bond motifs is 16. The SMILES string of the molecule is c1ccc(-c2cccc(-c3ccccc3)c2N2c3cc4c(cc3B3c5ccccc5N(c5ccccc5)c5c3c2cc2oc3ccccc3c52)B2c3ccccc3Sc3c2c(cc2oc5ccccc5c32)O4)cc1. The molecule has 0 aliphatic carbocycles. The standard InChI is InChI=1S/C66H38B2N2O3S/c1-4-19-39(20-5-1)42-27-18-28-43(40-21-6-2-7-22-40)64(42)70-51-36-55-49(68-47-30-13-17-34-59(47)74-66-61-45-26-11-16-33-54(45)72-57(61)38-58(73-55)63(66)68)35-48(51)67-46-29-12-14-31-50(46)69(41-23-8-3-9-24-41)65-60-44-25-10-15-32-53(44)71-56(60)37-52(70)62(65)67/h1-38H. The molecule has 0 radical (unpaired) electrons. The molecule has 13 aromatic rings. The van der Waals surface area contributed by atoms with Crippen molar-refractivity contribution in [3.8, 4) is 33.8 Å². The van der Waals surface area contributed by atoms with E-state index in [9.17, 15) is 0 Å². The van der Waals surface area contributed by atoms with Crippen molar-refractivity contribution >= 4 is 136 Å². The van der Waals surface area contributed by atoms with Crippen molar-refractivity contribution in [2.24, 2.45) is 0 Å². The molecule has 0 amide bonds. The van der Waals surface area contributed by atoms with E-state index in [0.717, 1.165) is 117 Å². The number of rotatable bonds is 4. The number of hydrogen-bond acceptors (Lipinski definition) is 6. The second-order valence-electron chi connectivity index (χ2n) is 19.8. The van der Waals surface area contributed by atoms with Gasteiger partial charge in [0.2, 0.25) is 0 Å². The van der Waals surface area contributed by atoms with E-state index in [2.05, 4.69) is 240 Å². The van der Waals surface area contributed by atoms with Crippen LogP contribution in [0.2, 0.25) is 0 Å². The predicted molar refractivity (Wildman–Crippen MR) is 308 cm³/mol. The molecule has 0 unspecified atom stereocenters. The normalized spacial score (nSPS) is 13.6. The molecule has 17 rings (SSSR count). The maximum absolute atomic E-state index is 7.45. The summed E-state index contributed by atoms with van der Waals surface area (Å²) in [6.07, 6.45) is 0. The zero-order chi connectivity index (χ0) is 48.2. The first kappa shape index (κ1) is 40.5. The van der Waals surface area contributed by atoms with Gasteiger partial charge in [-0.05, 0) is 74.8 Å². The monoisotopic (exact) mass is 960 g/mol. The number of ether oxygens (including phenoxy) is 1. The molecule has 6 heterocycles. The molecular weight excluding hydrogens is 922 g/mol. The Bertz CT molecular complexity index is 4480. The van der Waals surface area contributed by atoms with Gasteiger partial charge in [-0.1, -0.05) is 193 Å². The van der Waals surface area contributed by atoms with E-state index in [4.69, 9.17) is 13.6 Å². The van der Waals surface area contributed by atoms with Gasteiger partial charge >= 0.3 is 0 Å². The highest BCUT2D eigenvalue weighted by Gasteiger charge is 2.48. The number of benzene rings is 11. The summed E-state index contributed by atoms with van der Waals surface area (Å²) in [5.74, 6) is 1.66. The highest BCUT2D eigenvalue weighted by atomic mass is 32.2. The van der Waals surface area contributed by atoms with Crippen molar-refractivity contribution in [1.82, 2.24) is 0 Å². The maximum atomic E-state index is 7.45. The average molecular weight is 961 g/mol. The van der Waals surface area contributed by atoms with E-state index in [0.29, 0.717) is 0 Å². The van der Waals surface area contributed by atoms with E-state index in [1.165, 1.54) is 37.1 Å². The van der Waals surface area contributed by atoms with Gasteiger partial charge in [0.25, 0.3) is 13.4 Å². The zero-order valence-electron chi connectivity index (χ0n) is 39.6. The van der Waals surface area contributed by atoms with Crippen molar-refractivity contribution in [1.29, 1.82) is 0 Å². The van der Waals surface area contributed by atoms with Gasteiger partial charge in [-0.2, -0.15) is 0 Å². The average Bonchev–Trinajstić information content (AvgIpc) is 4.14. The number of furan rings is 2. The second kappa shape index (κ2) is 15.2. The van der Waals surface area contributed by atoms with Crippen molar-refractivity contribution in [2.75, 3.05) is 9.80 Å². The van der Waals surface area contributed by atoms with Crippen molar-refractivity contribution in [3.05, 3.63) is 231 Å². The smallest absolute Gasteiger partial charge is 0.253 e. The summed E-state index contributed by atoms with van der Waals surface area (Å²) in [6, 6.07) is 83.6. The third-order valence-corrected chi connectivity index (χ3v) is 17.2. The predicted octanol–water partition coefficient (Wildman–Crippen LogP) is 14.0. The van der Waals surface area contributed by atoms with Gasteiger partial charge in [0.05, 0.1) is 16.8 Å². The van der Waals surface area contributed by atoms with E-state index in [1.807, 2.05) is 11.8 Å². The lowest BCUT2D eigenvalue weighted by atomic mass is 9.31. The Hall–Kier alpha value is -9.10.